The molecule has 0 aromatic heterocycles. The van der Waals surface area contributed by atoms with E-state index >= 15 is 0 Å². The summed E-state index contributed by atoms with van der Waals surface area (Å²) >= 11 is 0. The molecule has 2 aromatic carbocycles. The second kappa shape index (κ2) is 9.63. The molecule has 172 valence electrons. The first kappa shape index (κ1) is 22.8. The molecule has 1 fully saturated rings. The van der Waals surface area contributed by atoms with Gasteiger partial charge in [0.2, 0.25) is 0 Å². The molecule has 5 nitrogen and oxygen atoms in total. The number of hydrogen-bond acceptors (Lipinski definition) is 4. The molecule has 0 spiro atoms. The number of benzene rings is 2. The number of carbonyl (C=O) groups excluding carboxylic acids is 1. The van der Waals surface area contributed by atoms with Crippen molar-refractivity contribution in [2.24, 2.45) is 0 Å². The van der Waals surface area contributed by atoms with Crippen molar-refractivity contribution in [1.82, 2.24) is 10.2 Å². The van der Waals surface area contributed by atoms with Crippen molar-refractivity contribution in [3.8, 4) is 5.75 Å². The monoisotopic (exact) mass is 436 g/mol. The lowest BCUT2D eigenvalue weighted by atomic mass is 9.83. The number of carbonyl (C=O) groups is 1. The number of aryl methyl sites for hydroxylation is 1. The Bertz CT molecular complexity index is 930. The van der Waals surface area contributed by atoms with Gasteiger partial charge in [0.05, 0.1) is 6.10 Å². The minimum atomic E-state index is -0.0190. The average Bonchev–Trinajstić information content (AvgIpc) is 3.31. The van der Waals surface area contributed by atoms with Crippen molar-refractivity contribution in [2.75, 3.05) is 27.3 Å². The van der Waals surface area contributed by atoms with Crippen LogP contribution in [-0.4, -0.2) is 50.3 Å². The molecular formula is C27H36N2O3. The van der Waals surface area contributed by atoms with E-state index in [0.29, 0.717) is 12.2 Å². The van der Waals surface area contributed by atoms with Crippen LogP contribution in [0, 0.1) is 0 Å². The quantitative estimate of drug-likeness (QED) is 0.702. The number of hydrogen-bond donors (Lipinski definition) is 1. The summed E-state index contributed by atoms with van der Waals surface area (Å²) in [6, 6.07) is 14.4. The normalized spacial score (nSPS) is 20.8. The van der Waals surface area contributed by atoms with Crippen molar-refractivity contribution in [1.29, 1.82) is 0 Å². The fraction of sp³-hybridized carbons (Fsp3) is 0.519. The van der Waals surface area contributed by atoms with Crippen molar-refractivity contribution < 1.29 is 14.3 Å². The van der Waals surface area contributed by atoms with Crippen LogP contribution in [0.3, 0.4) is 0 Å². The largest absolute Gasteiger partial charge is 0.491 e. The molecule has 5 heteroatoms. The molecule has 1 amide bonds. The van der Waals surface area contributed by atoms with Gasteiger partial charge in [-0.2, -0.15) is 0 Å². The first-order valence-electron chi connectivity index (χ1n) is 11.8. The maximum atomic E-state index is 12.8. The van der Waals surface area contributed by atoms with Crippen molar-refractivity contribution in [3.05, 3.63) is 64.7 Å². The zero-order valence-electron chi connectivity index (χ0n) is 19.8. The van der Waals surface area contributed by atoms with Gasteiger partial charge < -0.3 is 19.7 Å². The van der Waals surface area contributed by atoms with Crippen LogP contribution in [-0.2, 0) is 23.1 Å². The molecule has 1 N–H and O–H groups in total. The second-order valence-corrected chi connectivity index (χ2v) is 9.82. The van der Waals surface area contributed by atoms with E-state index in [9.17, 15) is 4.79 Å². The third kappa shape index (κ3) is 5.16. The molecule has 2 aromatic rings. The second-order valence-electron chi connectivity index (χ2n) is 9.82. The van der Waals surface area contributed by atoms with E-state index in [1.54, 1.807) is 0 Å². The lowest BCUT2D eigenvalue weighted by Crippen LogP contribution is -2.39. The van der Waals surface area contributed by atoms with E-state index in [1.165, 1.54) is 16.7 Å². The van der Waals surface area contributed by atoms with E-state index in [-0.39, 0.29) is 23.6 Å². The molecular weight excluding hydrogens is 400 g/mol. The van der Waals surface area contributed by atoms with Crippen LogP contribution in [0.5, 0.6) is 5.75 Å². The van der Waals surface area contributed by atoms with Gasteiger partial charge in [-0.05, 0) is 101 Å². The molecule has 1 aliphatic carbocycles. The SMILES string of the molecule is CN(C)C(C)(C)c1ccc2c(c1)CC[C@H](NC(=O)c1ccc(OC[C@@H]3CCCO3)cc1)C2. The van der Waals surface area contributed by atoms with Gasteiger partial charge in [-0.3, -0.25) is 4.79 Å². The van der Waals surface area contributed by atoms with Gasteiger partial charge in [0.15, 0.2) is 0 Å². The van der Waals surface area contributed by atoms with E-state index in [2.05, 4.69) is 56.4 Å². The molecule has 1 saturated heterocycles. The summed E-state index contributed by atoms with van der Waals surface area (Å²) in [7, 11) is 4.24. The summed E-state index contributed by atoms with van der Waals surface area (Å²) in [5.74, 6) is 0.759. The topological polar surface area (TPSA) is 50.8 Å². The lowest BCUT2D eigenvalue weighted by Gasteiger charge is -2.34. The van der Waals surface area contributed by atoms with E-state index in [1.807, 2.05) is 24.3 Å². The Morgan fingerprint density at radius 2 is 1.91 bits per heavy atom. The summed E-state index contributed by atoms with van der Waals surface area (Å²) < 4.78 is 11.4. The Morgan fingerprint density at radius 1 is 1.12 bits per heavy atom. The third-order valence-electron chi connectivity index (χ3n) is 7.17. The van der Waals surface area contributed by atoms with Gasteiger partial charge in [0.25, 0.3) is 5.91 Å². The van der Waals surface area contributed by atoms with Crippen LogP contribution in [0.15, 0.2) is 42.5 Å². The molecule has 4 rings (SSSR count). The van der Waals surface area contributed by atoms with Gasteiger partial charge in [-0.1, -0.05) is 18.2 Å². The number of amides is 1. The van der Waals surface area contributed by atoms with Crippen LogP contribution in [0.2, 0.25) is 0 Å². The smallest absolute Gasteiger partial charge is 0.251 e. The first-order valence-corrected chi connectivity index (χ1v) is 11.8. The van der Waals surface area contributed by atoms with E-state index < -0.39 is 0 Å². The zero-order valence-corrected chi connectivity index (χ0v) is 19.8. The molecule has 32 heavy (non-hydrogen) atoms. The Hall–Kier alpha value is -2.37. The first-order chi connectivity index (χ1) is 15.3. The van der Waals surface area contributed by atoms with Crippen LogP contribution >= 0.6 is 0 Å². The minimum absolute atomic E-state index is 0.0000964. The number of nitrogens with zero attached hydrogens (tertiary/aromatic N) is 1. The maximum absolute atomic E-state index is 12.8. The molecule has 1 aliphatic heterocycles. The van der Waals surface area contributed by atoms with Crippen LogP contribution in [0.1, 0.15) is 60.2 Å². The highest BCUT2D eigenvalue weighted by molar-refractivity contribution is 5.94. The summed E-state index contributed by atoms with van der Waals surface area (Å²) in [6.45, 7) is 5.90. The Morgan fingerprint density at radius 3 is 2.59 bits per heavy atom. The Balaban J connectivity index is 1.32. The van der Waals surface area contributed by atoms with E-state index in [4.69, 9.17) is 9.47 Å². The minimum Gasteiger partial charge on any atom is -0.491 e. The van der Waals surface area contributed by atoms with Crippen LogP contribution < -0.4 is 10.1 Å². The average molecular weight is 437 g/mol. The molecule has 2 aliphatic rings. The Kier molecular flexibility index (Phi) is 6.87. The fourth-order valence-corrected chi connectivity index (χ4v) is 4.45. The number of rotatable bonds is 7. The lowest BCUT2D eigenvalue weighted by molar-refractivity contribution is 0.0679. The van der Waals surface area contributed by atoms with Crippen molar-refractivity contribution in [2.45, 2.75) is 63.6 Å². The summed E-state index contributed by atoms with van der Waals surface area (Å²) in [6.07, 6.45) is 5.19. The summed E-state index contributed by atoms with van der Waals surface area (Å²) in [5.41, 5.74) is 4.77. The van der Waals surface area contributed by atoms with Gasteiger partial charge in [0.1, 0.15) is 12.4 Å². The molecule has 0 radical (unpaired) electrons. The molecule has 0 unspecified atom stereocenters. The fourth-order valence-electron chi connectivity index (χ4n) is 4.45. The van der Waals surface area contributed by atoms with Gasteiger partial charge in [0, 0.05) is 23.8 Å². The highest BCUT2D eigenvalue weighted by Crippen LogP contribution is 2.30. The molecule has 0 saturated carbocycles. The maximum Gasteiger partial charge on any atom is 0.251 e. The van der Waals surface area contributed by atoms with Gasteiger partial charge in [-0.15, -0.1) is 0 Å². The number of ether oxygens (including phenoxy) is 2. The predicted octanol–water partition coefficient (Wildman–Crippen LogP) is 4.33. The molecule has 0 bridgehead atoms. The predicted molar refractivity (Wildman–Crippen MR) is 127 cm³/mol. The number of fused-ring (bicyclic) bond motifs is 1. The Labute approximate surface area is 192 Å². The van der Waals surface area contributed by atoms with Crippen LogP contribution in [0.25, 0.3) is 0 Å². The summed E-state index contributed by atoms with van der Waals surface area (Å²) in [4.78, 5) is 15.0. The van der Waals surface area contributed by atoms with Crippen molar-refractivity contribution >= 4 is 5.91 Å². The molecule has 2 atom stereocenters. The molecule has 1 heterocycles. The highest BCUT2D eigenvalue weighted by atomic mass is 16.5. The number of nitrogens with one attached hydrogen (secondary N) is 1. The van der Waals surface area contributed by atoms with Crippen molar-refractivity contribution in [3.63, 3.8) is 0 Å². The van der Waals surface area contributed by atoms with E-state index in [0.717, 1.165) is 44.5 Å². The highest BCUT2D eigenvalue weighted by Gasteiger charge is 2.26. The van der Waals surface area contributed by atoms with Crippen LogP contribution in [0.4, 0.5) is 0 Å². The third-order valence-corrected chi connectivity index (χ3v) is 7.17. The van der Waals surface area contributed by atoms with Gasteiger partial charge >= 0.3 is 0 Å². The van der Waals surface area contributed by atoms with Gasteiger partial charge in [-0.25, -0.2) is 0 Å². The summed E-state index contributed by atoms with van der Waals surface area (Å²) in [5, 5.41) is 3.23. The standard InChI is InChI=1S/C27H36N2O3/c1-27(2,29(3)4)22-11-7-21-17-23(12-8-20(21)16-22)28-26(30)19-9-13-24(14-10-19)32-18-25-6-5-15-31-25/h7,9-11,13-14,16,23,25H,5-6,8,12,15,17-18H2,1-4H3,(H,28,30)/t23-,25-/m0/s1. The zero-order chi connectivity index (χ0) is 22.7.